The molecule has 21 heavy (non-hydrogen) atoms. The van der Waals surface area contributed by atoms with Crippen molar-refractivity contribution < 1.29 is 8.85 Å². The first kappa shape index (κ1) is 16.0. The highest BCUT2D eigenvalue weighted by Crippen LogP contribution is 2.19. The molecule has 0 bridgehead atoms. The lowest BCUT2D eigenvalue weighted by Gasteiger charge is -2.19. The molecule has 0 saturated heterocycles. The molecule has 112 valence electrons. The highest BCUT2D eigenvalue weighted by molar-refractivity contribution is 6.62. The SMILES string of the molecule is CCO[SiH](OCC)c1cc(-c2ccccc2)ccc1CC. The zero-order valence-electron chi connectivity index (χ0n) is 13.1. The quantitative estimate of drug-likeness (QED) is 0.730. The van der Waals surface area contributed by atoms with Gasteiger partial charge >= 0.3 is 9.28 Å². The summed E-state index contributed by atoms with van der Waals surface area (Å²) in [7, 11) is -1.80. The van der Waals surface area contributed by atoms with Gasteiger partial charge in [-0.25, -0.2) is 0 Å². The van der Waals surface area contributed by atoms with Gasteiger partial charge in [-0.2, -0.15) is 0 Å². The van der Waals surface area contributed by atoms with Gasteiger partial charge in [0.25, 0.3) is 0 Å². The van der Waals surface area contributed by atoms with Crippen LogP contribution in [0.4, 0.5) is 0 Å². The average Bonchev–Trinajstić information content (AvgIpc) is 2.55. The van der Waals surface area contributed by atoms with Crippen molar-refractivity contribution in [2.75, 3.05) is 13.2 Å². The Bertz CT molecular complexity index is 548. The molecule has 2 rings (SSSR count). The van der Waals surface area contributed by atoms with Crippen LogP contribution < -0.4 is 5.19 Å². The van der Waals surface area contributed by atoms with E-state index in [2.05, 4.69) is 49.4 Å². The van der Waals surface area contributed by atoms with Gasteiger partial charge in [0.1, 0.15) is 0 Å². The van der Waals surface area contributed by atoms with E-state index >= 15 is 0 Å². The van der Waals surface area contributed by atoms with E-state index in [0.29, 0.717) is 13.2 Å². The summed E-state index contributed by atoms with van der Waals surface area (Å²) in [6.07, 6.45) is 1.01. The Hall–Kier alpha value is -1.42. The first-order chi connectivity index (χ1) is 10.3. The molecule has 0 amide bonds. The number of hydrogen-bond acceptors (Lipinski definition) is 2. The summed E-state index contributed by atoms with van der Waals surface area (Å²) in [5, 5.41) is 1.28. The van der Waals surface area contributed by atoms with Gasteiger partial charge in [0.15, 0.2) is 0 Å². The molecule has 0 radical (unpaired) electrons. The van der Waals surface area contributed by atoms with E-state index < -0.39 is 9.28 Å². The Kier molecular flexibility index (Phi) is 6.17. The summed E-state index contributed by atoms with van der Waals surface area (Å²) in [6.45, 7) is 7.66. The highest BCUT2D eigenvalue weighted by atomic mass is 28.3. The molecular weight excluding hydrogens is 276 g/mol. The largest absolute Gasteiger partial charge is 0.394 e. The molecule has 0 fully saturated rings. The Morgan fingerprint density at radius 1 is 0.810 bits per heavy atom. The molecule has 0 atom stereocenters. The van der Waals surface area contributed by atoms with Gasteiger partial charge in [-0.1, -0.05) is 55.5 Å². The van der Waals surface area contributed by atoms with Gasteiger partial charge in [0, 0.05) is 13.2 Å². The lowest BCUT2D eigenvalue weighted by molar-refractivity contribution is 0.225. The Morgan fingerprint density at radius 3 is 2.05 bits per heavy atom. The fourth-order valence-corrected chi connectivity index (χ4v) is 4.46. The molecular formula is C18H24O2Si. The first-order valence-corrected chi connectivity index (χ1v) is 9.23. The van der Waals surface area contributed by atoms with Crippen LogP contribution >= 0.6 is 0 Å². The normalized spacial score (nSPS) is 11.0. The topological polar surface area (TPSA) is 18.5 Å². The van der Waals surface area contributed by atoms with Crippen molar-refractivity contribution in [3.8, 4) is 11.1 Å². The van der Waals surface area contributed by atoms with Crippen molar-refractivity contribution in [1.82, 2.24) is 0 Å². The van der Waals surface area contributed by atoms with Crippen LogP contribution in [0.25, 0.3) is 11.1 Å². The maximum absolute atomic E-state index is 5.92. The molecule has 0 aliphatic rings. The third kappa shape index (κ3) is 4.03. The molecule has 3 heteroatoms. The maximum atomic E-state index is 5.92. The van der Waals surface area contributed by atoms with E-state index in [1.807, 2.05) is 19.9 Å². The molecule has 2 aromatic carbocycles. The van der Waals surface area contributed by atoms with Gasteiger partial charge in [-0.05, 0) is 42.1 Å². The van der Waals surface area contributed by atoms with E-state index in [1.165, 1.54) is 21.9 Å². The Balaban J connectivity index is 2.42. The summed E-state index contributed by atoms with van der Waals surface area (Å²) in [6, 6.07) is 17.1. The number of rotatable bonds is 7. The summed E-state index contributed by atoms with van der Waals surface area (Å²) in [4.78, 5) is 0. The second kappa shape index (κ2) is 8.13. The predicted octanol–water partition coefficient (Wildman–Crippen LogP) is 3.42. The fourth-order valence-electron chi connectivity index (χ4n) is 2.48. The number of aryl methyl sites for hydroxylation is 1. The zero-order chi connectivity index (χ0) is 15.1. The van der Waals surface area contributed by atoms with Gasteiger partial charge in [0.05, 0.1) is 0 Å². The van der Waals surface area contributed by atoms with E-state index in [4.69, 9.17) is 8.85 Å². The summed E-state index contributed by atoms with van der Waals surface area (Å²) in [5.41, 5.74) is 3.81. The van der Waals surface area contributed by atoms with Crippen LogP contribution in [0.3, 0.4) is 0 Å². The molecule has 0 aliphatic heterocycles. The molecule has 2 aromatic rings. The summed E-state index contributed by atoms with van der Waals surface area (Å²) in [5.74, 6) is 0. The van der Waals surface area contributed by atoms with Gasteiger partial charge in [0.2, 0.25) is 0 Å². The lowest BCUT2D eigenvalue weighted by atomic mass is 10.0. The Labute approximate surface area is 129 Å². The summed E-state index contributed by atoms with van der Waals surface area (Å²) >= 11 is 0. The van der Waals surface area contributed by atoms with Crippen molar-refractivity contribution >= 4 is 14.5 Å². The van der Waals surface area contributed by atoms with Crippen LogP contribution in [-0.4, -0.2) is 22.5 Å². The van der Waals surface area contributed by atoms with Crippen molar-refractivity contribution in [2.24, 2.45) is 0 Å². The minimum Gasteiger partial charge on any atom is -0.394 e. The van der Waals surface area contributed by atoms with E-state index in [9.17, 15) is 0 Å². The molecule has 2 nitrogen and oxygen atoms in total. The molecule has 0 heterocycles. The summed E-state index contributed by atoms with van der Waals surface area (Å²) < 4.78 is 11.8. The molecule has 0 spiro atoms. The molecule has 0 N–H and O–H groups in total. The molecule has 0 aromatic heterocycles. The number of benzene rings is 2. The lowest BCUT2D eigenvalue weighted by Crippen LogP contribution is -2.39. The molecule has 0 saturated carbocycles. The van der Waals surface area contributed by atoms with Crippen molar-refractivity contribution in [2.45, 2.75) is 27.2 Å². The van der Waals surface area contributed by atoms with Crippen LogP contribution in [0.15, 0.2) is 48.5 Å². The van der Waals surface area contributed by atoms with E-state index in [1.54, 1.807) is 0 Å². The van der Waals surface area contributed by atoms with Crippen LogP contribution in [0.5, 0.6) is 0 Å². The minimum absolute atomic E-state index is 0.704. The average molecular weight is 300 g/mol. The minimum atomic E-state index is -1.80. The Morgan fingerprint density at radius 2 is 1.48 bits per heavy atom. The molecule has 0 aliphatic carbocycles. The van der Waals surface area contributed by atoms with Crippen LogP contribution in [-0.2, 0) is 15.3 Å². The van der Waals surface area contributed by atoms with Gasteiger partial charge in [-0.3, -0.25) is 0 Å². The fraction of sp³-hybridized carbons (Fsp3) is 0.333. The highest BCUT2D eigenvalue weighted by Gasteiger charge is 2.19. The van der Waals surface area contributed by atoms with Crippen molar-refractivity contribution in [3.05, 3.63) is 54.1 Å². The van der Waals surface area contributed by atoms with Crippen molar-refractivity contribution in [3.63, 3.8) is 0 Å². The third-order valence-electron chi connectivity index (χ3n) is 3.52. The maximum Gasteiger partial charge on any atom is 0.356 e. The second-order valence-corrected chi connectivity index (χ2v) is 6.83. The number of hydrogen-bond donors (Lipinski definition) is 0. The predicted molar refractivity (Wildman–Crippen MR) is 91.3 cm³/mol. The van der Waals surface area contributed by atoms with Crippen LogP contribution in [0, 0.1) is 0 Å². The van der Waals surface area contributed by atoms with E-state index in [0.717, 1.165) is 6.42 Å². The van der Waals surface area contributed by atoms with Crippen LogP contribution in [0.1, 0.15) is 26.3 Å². The van der Waals surface area contributed by atoms with Gasteiger partial charge in [-0.15, -0.1) is 0 Å². The standard InChI is InChI=1S/C18H24O2Si/c1-4-15-12-13-17(16-10-8-7-9-11-16)14-18(15)21(19-5-2)20-6-3/h7-14,21H,4-6H2,1-3H3. The monoisotopic (exact) mass is 300 g/mol. The van der Waals surface area contributed by atoms with Crippen molar-refractivity contribution in [1.29, 1.82) is 0 Å². The van der Waals surface area contributed by atoms with Gasteiger partial charge < -0.3 is 8.85 Å². The zero-order valence-corrected chi connectivity index (χ0v) is 14.3. The third-order valence-corrected chi connectivity index (χ3v) is 5.84. The molecule has 0 unspecified atom stereocenters. The van der Waals surface area contributed by atoms with E-state index in [-0.39, 0.29) is 0 Å². The first-order valence-electron chi connectivity index (χ1n) is 7.71. The second-order valence-electron chi connectivity index (χ2n) is 4.88. The van der Waals surface area contributed by atoms with Crippen LogP contribution in [0.2, 0.25) is 0 Å². The smallest absolute Gasteiger partial charge is 0.356 e.